The number of nitro groups is 1. The zero-order valence-electron chi connectivity index (χ0n) is 15.7. The molecule has 3 rings (SSSR count). The minimum Gasteiger partial charge on any atom is -0.351 e. The van der Waals surface area contributed by atoms with E-state index in [1.165, 1.54) is 12.1 Å². The van der Waals surface area contributed by atoms with Crippen molar-refractivity contribution in [3.63, 3.8) is 0 Å². The van der Waals surface area contributed by atoms with E-state index in [1.807, 2.05) is 32.0 Å². The second kappa shape index (κ2) is 7.77. The number of aryl methyl sites for hydroxylation is 2. The van der Waals surface area contributed by atoms with E-state index in [0.717, 1.165) is 11.1 Å². The van der Waals surface area contributed by atoms with Crippen molar-refractivity contribution in [2.45, 2.75) is 26.8 Å². The van der Waals surface area contributed by atoms with Gasteiger partial charge in [-0.15, -0.1) is 0 Å². The van der Waals surface area contributed by atoms with Crippen LogP contribution in [0.1, 0.15) is 29.7 Å². The Morgan fingerprint density at radius 1 is 1.14 bits per heavy atom. The van der Waals surface area contributed by atoms with E-state index in [0.29, 0.717) is 27.6 Å². The summed E-state index contributed by atoms with van der Waals surface area (Å²) in [6, 6.07) is 11.4. The third kappa shape index (κ3) is 4.17. The second-order valence-corrected chi connectivity index (χ2v) is 7.16. The first-order valence-corrected chi connectivity index (χ1v) is 9.07. The molecule has 0 aromatic heterocycles. The first-order chi connectivity index (χ1) is 13.2. The van der Waals surface area contributed by atoms with Crippen molar-refractivity contribution >= 4 is 34.6 Å². The van der Waals surface area contributed by atoms with Gasteiger partial charge >= 0.3 is 0 Å². The third-order valence-corrected chi connectivity index (χ3v) is 4.63. The van der Waals surface area contributed by atoms with Crippen LogP contribution in [0.4, 0.5) is 11.4 Å². The number of non-ortho nitro benzene ring substituents is 1. The third-order valence-electron chi connectivity index (χ3n) is 4.41. The van der Waals surface area contributed by atoms with Gasteiger partial charge in [-0.25, -0.2) is 0 Å². The number of rotatable bonds is 4. The highest BCUT2D eigenvalue weighted by molar-refractivity contribution is 7.80. The predicted molar refractivity (Wildman–Crippen MR) is 112 cm³/mol. The zero-order valence-corrected chi connectivity index (χ0v) is 16.5. The predicted octanol–water partition coefficient (Wildman–Crippen LogP) is 3.64. The van der Waals surface area contributed by atoms with E-state index >= 15 is 0 Å². The Balaban J connectivity index is 1.98. The maximum atomic E-state index is 13.1. The average Bonchev–Trinajstić information content (AvgIpc) is 2.60. The lowest BCUT2D eigenvalue weighted by molar-refractivity contribution is -0.384. The van der Waals surface area contributed by atoms with Crippen molar-refractivity contribution in [1.29, 1.82) is 0 Å². The number of nitro benzene ring substituents is 1. The number of thiocarbonyl (C=S) groups is 1. The summed E-state index contributed by atoms with van der Waals surface area (Å²) in [4.78, 5) is 23.8. The topological polar surface area (TPSA) is 96.3 Å². The van der Waals surface area contributed by atoms with Crippen molar-refractivity contribution in [3.8, 4) is 0 Å². The summed E-state index contributed by atoms with van der Waals surface area (Å²) in [7, 11) is 0. The second-order valence-electron chi connectivity index (χ2n) is 6.75. The monoisotopic (exact) mass is 396 g/mol. The number of hydrogen-bond acceptors (Lipinski definition) is 4. The highest BCUT2D eigenvalue weighted by Crippen LogP contribution is 2.30. The number of allylic oxidation sites excluding steroid dienone is 1. The normalized spacial score (nSPS) is 16.2. The van der Waals surface area contributed by atoms with E-state index in [9.17, 15) is 14.9 Å². The lowest BCUT2D eigenvalue weighted by Crippen LogP contribution is -2.45. The molecule has 7 nitrogen and oxygen atoms in total. The highest BCUT2D eigenvalue weighted by Gasteiger charge is 2.30. The molecular weight excluding hydrogens is 376 g/mol. The fraction of sp³-hybridized carbons (Fsp3) is 0.200. The molecule has 28 heavy (non-hydrogen) atoms. The Labute approximate surface area is 168 Å². The van der Waals surface area contributed by atoms with Crippen molar-refractivity contribution in [1.82, 2.24) is 10.6 Å². The van der Waals surface area contributed by atoms with Crippen molar-refractivity contribution in [2.24, 2.45) is 0 Å². The molecule has 1 amide bonds. The van der Waals surface area contributed by atoms with Crippen molar-refractivity contribution < 1.29 is 9.72 Å². The van der Waals surface area contributed by atoms with E-state index in [4.69, 9.17) is 12.2 Å². The largest absolute Gasteiger partial charge is 0.351 e. The molecule has 0 radical (unpaired) electrons. The first-order valence-electron chi connectivity index (χ1n) is 8.67. The van der Waals surface area contributed by atoms with Crippen LogP contribution >= 0.6 is 12.2 Å². The van der Waals surface area contributed by atoms with Gasteiger partial charge in [-0.05, 0) is 61.8 Å². The van der Waals surface area contributed by atoms with Crippen LogP contribution < -0.4 is 16.0 Å². The maximum absolute atomic E-state index is 13.1. The molecule has 0 unspecified atom stereocenters. The molecule has 1 atom stereocenters. The molecule has 0 saturated carbocycles. The van der Waals surface area contributed by atoms with Gasteiger partial charge in [-0.2, -0.15) is 0 Å². The number of amides is 1. The molecule has 144 valence electrons. The number of benzene rings is 2. The van der Waals surface area contributed by atoms with Gasteiger partial charge in [0.15, 0.2) is 5.11 Å². The Bertz CT molecular complexity index is 996. The molecule has 0 aliphatic carbocycles. The molecule has 0 spiro atoms. The first kappa shape index (κ1) is 19.5. The minimum atomic E-state index is -0.598. The van der Waals surface area contributed by atoms with Gasteiger partial charge in [0.1, 0.15) is 0 Å². The van der Waals surface area contributed by atoms with Crippen LogP contribution in [0, 0.1) is 24.0 Å². The number of carbonyl (C=O) groups excluding carboxylic acids is 1. The van der Waals surface area contributed by atoms with Crippen LogP contribution in [0.3, 0.4) is 0 Å². The lowest BCUT2D eigenvalue weighted by atomic mass is 9.94. The van der Waals surface area contributed by atoms with Crippen LogP contribution in [0.25, 0.3) is 0 Å². The average molecular weight is 396 g/mol. The van der Waals surface area contributed by atoms with Gasteiger partial charge in [-0.3, -0.25) is 14.9 Å². The number of anilines is 1. The molecule has 0 bridgehead atoms. The Kier molecular flexibility index (Phi) is 5.41. The maximum Gasteiger partial charge on any atom is 0.269 e. The van der Waals surface area contributed by atoms with E-state index in [1.54, 1.807) is 19.1 Å². The quantitative estimate of drug-likeness (QED) is 0.415. The summed E-state index contributed by atoms with van der Waals surface area (Å²) in [5.41, 5.74) is 4.33. The number of carbonyl (C=O) groups is 1. The van der Waals surface area contributed by atoms with Gasteiger partial charge in [0.25, 0.3) is 11.6 Å². The van der Waals surface area contributed by atoms with E-state index in [2.05, 4.69) is 16.0 Å². The van der Waals surface area contributed by atoms with Gasteiger partial charge in [0.2, 0.25) is 0 Å². The molecule has 0 saturated heterocycles. The SMILES string of the molecule is CC1=C(C(=O)Nc2cc(C)cc(C)c2)[C@@H](c2cccc([N+](=O)[O-])c2)NC(=S)N1. The molecular formula is C20H20N4O3S. The number of nitrogens with zero attached hydrogens (tertiary/aromatic N) is 1. The molecule has 2 aromatic carbocycles. The molecule has 0 fully saturated rings. The molecule has 1 heterocycles. The molecule has 2 aromatic rings. The van der Waals surface area contributed by atoms with Crippen LogP contribution in [0.5, 0.6) is 0 Å². The summed E-state index contributed by atoms with van der Waals surface area (Å²) < 4.78 is 0. The zero-order chi connectivity index (χ0) is 20.4. The summed E-state index contributed by atoms with van der Waals surface area (Å²) in [6.07, 6.45) is 0. The van der Waals surface area contributed by atoms with Crippen molar-refractivity contribution in [3.05, 3.63) is 80.5 Å². The van der Waals surface area contributed by atoms with Gasteiger partial charge in [-0.1, -0.05) is 18.2 Å². The van der Waals surface area contributed by atoms with Crippen LogP contribution in [-0.2, 0) is 4.79 Å². The Morgan fingerprint density at radius 3 is 2.46 bits per heavy atom. The van der Waals surface area contributed by atoms with Gasteiger partial charge in [0.05, 0.1) is 16.5 Å². The van der Waals surface area contributed by atoms with E-state index in [-0.39, 0.29) is 11.6 Å². The molecule has 1 aliphatic heterocycles. The highest BCUT2D eigenvalue weighted by atomic mass is 32.1. The number of hydrogen-bond donors (Lipinski definition) is 3. The Hall–Kier alpha value is -3.26. The van der Waals surface area contributed by atoms with Gasteiger partial charge in [0, 0.05) is 23.5 Å². The summed E-state index contributed by atoms with van der Waals surface area (Å²) in [5, 5.41) is 20.4. The minimum absolute atomic E-state index is 0.0459. The summed E-state index contributed by atoms with van der Waals surface area (Å²) in [6.45, 7) is 5.68. The molecule has 8 heteroatoms. The molecule has 3 N–H and O–H groups in total. The van der Waals surface area contributed by atoms with Crippen LogP contribution in [-0.4, -0.2) is 15.9 Å². The fourth-order valence-electron chi connectivity index (χ4n) is 3.31. The van der Waals surface area contributed by atoms with Gasteiger partial charge < -0.3 is 16.0 Å². The smallest absolute Gasteiger partial charge is 0.269 e. The van der Waals surface area contributed by atoms with Crippen LogP contribution in [0.2, 0.25) is 0 Å². The number of nitrogens with one attached hydrogen (secondary N) is 3. The summed E-state index contributed by atoms with van der Waals surface area (Å²) in [5.74, 6) is -0.304. The Morgan fingerprint density at radius 2 is 1.82 bits per heavy atom. The molecule has 1 aliphatic rings. The van der Waals surface area contributed by atoms with Crippen LogP contribution in [0.15, 0.2) is 53.7 Å². The standard InChI is InChI=1S/C20H20N4O3S/c1-11-7-12(2)9-15(8-11)22-19(25)17-13(3)21-20(28)23-18(17)14-5-4-6-16(10-14)24(26)27/h4-10,18H,1-3H3,(H,22,25)(H2,21,23,28)/t18-/m1/s1. The summed E-state index contributed by atoms with van der Waals surface area (Å²) >= 11 is 5.23. The van der Waals surface area contributed by atoms with E-state index < -0.39 is 11.0 Å². The fourth-order valence-corrected chi connectivity index (χ4v) is 3.58. The lowest BCUT2D eigenvalue weighted by Gasteiger charge is -2.30. The van der Waals surface area contributed by atoms with Crippen molar-refractivity contribution in [2.75, 3.05) is 5.32 Å².